The summed E-state index contributed by atoms with van der Waals surface area (Å²) in [7, 11) is 2.06. The number of likely N-dealkylation sites (N-methyl/N-ethyl adjacent to an activating group) is 1. The molecule has 3 aromatic carbocycles. The molecule has 0 atom stereocenters. The summed E-state index contributed by atoms with van der Waals surface area (Å²) in [5, 5.41) is 6.00. The van der Waals surface area contributed by atoms with E-state index in [2.05, 4.69) is 32.5 Å². The van der Waals surface area contributed by atoms with Gasteiger partial charge in [-0.15, -0.1) is 0 Å². The number of aryl methyl sites for hydroxylation is 2. The molecule has 2 heterocycles. The van der Waals surface area contributed by atoms with Crippen LogP contribution in [0.1, 0.15) is 21.5 Å². The SMILES string of the molecule is Cc1cccc(C)c1NC(=O)c1cnc(Nc2ccc(N3CCN(C)CC3)c(F)c2)nc1Oc1ccccc1. The van der Waals surface area contributed by atoms with Crippen LogP contribution in [0.5, 0.6) is 11.6 Å². The smallest absolute Gasteiger partial charge is 0.262 e. The molecule has 1 aliphatic heterocycles. The maximum Gasteiger partial charge on any atom is 0.262 e. The zero-order valence-corrected chi connectivity index (χ0v) is 22.2. The van der Waals surface area contributed by atoms with Gasteiger partial charge in [0.1, 0.15) is 17.1 Å². The largest absolute Gasteiger partial charge is 0.438 e. The van der Waals surface area contributed by atoms with E-state index in [0.29, 0.717) is 17.1 Å². The van der Waals surface area contributed by atoms with Gasteiger partial charge in [-0.05, 0) is 62.4 Å². The third kappa shape index (κ3) is 6.15. The van der Waals surface area contributed by atoms with Crippen LogP contribution >= 0.6 is 0 Å². The van der Waals surface area contributed by atoms with Gasteiger partial charge in [0.25, 0.3) is 5.91 Å². The van der Waals surface area contributed by atoms with E-state index in [1.165, 1.54) is 12.3 Å². The Labute approximate surface area is 227 Å². The molecule has 8 nitrogen and oxygen atoms in total. The molecule has 0 bridgehead atoms. The lowest BCUT2D eigenvalue weighted by molar-refractivity contribution is 0.102. The third-order valence-corrected chi connectivity index (χ3v) is 6.72. The monoisotopic (exact) mass is 526 g/mol. The maximum absolute atomic E-state index is 15.0. The topological polar surface area (TPSA) is 82.6 Å². The van der Waals surface area contributed by atoms with Gasteiger partial charge in [-0.1, -0.05) is 36.4 Å². The van der Waals surface area contributed by atoms with Crippen molar-refractivity contribution < 1.29 is 13.9 Å². The molecule has 5 rings (SSSR count). The number of anilines is 4. The Bertz CT molecular complexity index is 1450. The molecular weight excluding hydrogens is 495 g/mol. The molecule has 0 aliphatic carbocycles. The molecule has 0 spiro atoms. The van der Waals surface area contributed by atoms with Crippen molar-refractivity contribution in [3.63, 3.8) is 0 Å². The third-order valence-electron chi connectivity index (χ3n) is 6.72. The number of amides is 1. The Morgan fingerprint density at radius 1 is 0.949 bits per heavy atom. The van der Waals surface area contributed by atoms with Gasteiger partial charge in [-0.3, -0.25) is 4.79 Å². The number of carbonyl (C=O) groups is 1. The number of halogens is 1. The van der Waals surface area contributed by atoms with Crippen LogP contribution in [0, 0.1) is 19.7 Å². The first-order chi connectivity index (χ1) is 18.9. The molecule has 2 N–H and O–H groups in total. The summed E-state index contributed by atoms with van der Waals surface area (Å²) >= 11 is 0. The van der Waals surface area contributed by atoms with Crippen molar-refractivity contribution in [1.82, 2.24) is 14.9 Å². The fraction of sp³-hybridized carbons (Fsp3) is 0.233. The van der Waals surface area contributed by atoms with E-state index < -0.39 is 5.91 Å². The van der Waals surface area contributed by atoms with Gasteiger partial charge in [-0.25, -0.2) is 9.37 Å². The number of aromatic nitrogens is 2. The first kappa shape index (κ1) is 26.1. The number of piperazine rings is 1. The van der Waals surface area contributed by atoms with Gasteiger partial charge >= 0.3 is 0 Å². The van der Waals surface area contributed by atoms with Crippen molar-refractivity contribution in [3.8, 4) is 11.6 Å². The standard InChI is InChI=1S/C30H31FN6O2/c1-20-8-7-9-21(2)27(20)34-28(38)24-19-32-30(35-29(24)39-23-10-5-4-6-11-23)33-22-12-13-26(25(31)18-22)37-16-14-36(3)15-17-37/h4-13,18-19H,14-17H2,1-3H3,(H,34,38)(H,32,33,35). The number of nitrogens with zero attached hydrogens (tertiary/aromatic N) is 4. The van der Waals surface area contributed by atoms with Gasteiger partial charge in [0, 0.05) is 43.8 Å². The van der Waals surface area contributed by atoms with Gasteiger partial charge in [0.2, 0.25) is 11.8 Å². The van der Waals surface area contributed by atoms with E-state index in [0.717, 1.165) is 43.0 Å². The summed E-state index contributed by atoms with van der Waals surface area (Å²) in [6.07, 6.45) is 1.41. The number of carbonyl (C=O) groups excluding carboxylic acids is 1. The molecule has 39 heavy (non-hydrogen) atoms. The van der Waals surface area contributed by atoms with Gasteiger partial charge in [0.05, 0.1) is 5.69 Å². The van der Waals surface area contributed by atoms with E-state index in [4.69, 9.17) is 4.74 Å². The number of ether oxygens (including phenoxy) is 1. The van der Waals surface area contributed by atoms with Gasteiger partial charge < -0.3 is 25.2 Å². The van der Waals surface area contributed by atoms with Gasteiger partial charge in [0.15, 0.2) is 0 Å². The summed E-state index contributed by atoms with van der Waals surface area (Å²) < 4.78 is 21.0. The van der Waals surface area contributed by atoms with E-state index in [9.17, 15) is 4.79 Å². The number of para-hydroxylation sites is 2. The summed E-state index contributed by atoms with van der Waals surface area (Å²) in [6, 6.07) is 19.9. The highest BCUT2D eigenvalue weighted by atomic mass is 19.1. The Morgan fingerprint density at radius 3 is 2.36 bits per heavy atom. The normalized spacial score (nSPS) is 13.7. The maximum atomic E-state index is 15.0. The Balaban J connectivity index is 1.40. The first-order valence-electron chi connectivity index (χ1n) is 12.8. The molecule has 0 saturated carbocycles. The zero-order chi connectivity index (χ0) is 27.4. The van der Waals surface area contributed by atoms with Crippen LogP contribution in [0.15, 0.2) is 72.9 Å². The highest BCUT2D eigenvalue weighted by molar-refractivity contribution is 6.06. The first-order valence-corrected chi connectivity index (χ1v) is 12.8. The van der Waals surface area contributed by atoms with Crippen molar-refractivity contribution >= 4 is 28.9 Å². The van der Waals surface area contributed by atoms with E-state index in [1.807, 2.05) is 55.1 Å². The molecule has 9 heteroatoms. The molecule has 1 fully saturated rings. The highest BCUT2D eigenvalue weighted by Crippen LogP contribution is 2.29. The van der Waals surface area contributed by atoms with Crippen molar-refractivity contribution in [3.05, 3.63) is 95.4 Å². The second kappa shape index (κ2) is 11.5. The molecule has 1 saturated heterocycles. The molecule has 0 radical (unpaired) electrons. The second-order valence-electron chi connectivity index (χ2n) is 9.63. The van der Waals surface area contributed by atoms with E-state index >= 15 is 4.39 Å². The quantitative estimate of drug-likeness (QED) is 0.316. The number of hydrogen-bond acceptors (Lipinski definition) is 7. The molecule has 0 unspecified atom stereocenters. The lowest BCUT2D eigenvalue weighted by Crippen LogP contribution is -2.44. The predicted octanol–water partition coefficient (Wildman–Crippen LogP) is 5.77. The average Bonchev–Trinajstić information content (AvgIpc) is 2.92. The summed E-state index contributed by atoms with van der Waals surface area (Å²) in [5.41, 5.74) is 3.84. The molecule has 1 aromatic heterocycles. The van der Waals surface area contributed by atoms with Crippen LogP contribution in [-0.4, -0.2) is 54.0 Å². The Kier molecular flexibility index (Phi) is 7.69. The highest BCUT2D eigenvalue weighted by Gasteiger charge is 2.20. The number of hydrogen-bond donors (Lipinski definition) is 2. The van der Waals surface area contributed by atoms with Crippen LogP contribution in [-0.2, 0) is 0 Å². The summed E-state index contributed by atoms with van der Waals surface area (Å²) in [4.78, 5) is 26.4. The van der Waals surface area contributed by atoms with Crippen molar-refractivity contribution in [2.45, 2.75) is 13.8 Å². The molecule has 200 valence electrons. The molecule has 4 aromatic rings. The average molecular weight is 527 g/mol. The van der Waals surface area contributed by atoms with Crippen molar-refractivity contribution in [2.75, 3.05) is 48.8 Å². The van der Waals surface area contributed by atoms with E-state index in [-0.39, 0.29) is 23.2 Å². The minimum Gasteiger partial charge on any atom is -0.438 e. The summed E-state index contributed by atoms with van der Waals surface area (Å²) in [6.45, 7) is 7.19. The lowest BCUT2D eigenvalue weighted by atomic mass is 10.1. The molecule has 1 aliphatic rings. The number of rotatable bonds is 7. The minimum atomic E-state index is -0.396. The summed E-state index contributed by atoms with van der Waals surface area (Å²) in [5.74, 6) is 0.0569. The van der Waals surface area contributed by atoms with Crippen LogP contribution in [0.25, 0.3) is 0 Å². The second-order valence-corrected chi connectivity index (χ2v) is 9.63. The van der Waals surface area contributed by atoms with Gasteiger partial charge in [-0.2, -0.15) is 4.98 Å². The zero-order valence-electron chi connectivity index (χ0n) is 22.2. The Morgan fingerprint density at radius 2 is 1.67 bits per heavy atom. The predicted molar refractivity (Wildman–Crippen MR) is 152 cm³/mol. The minimum absolute atomic E-state index is 0.0805. The fourth-order valence-corrected chi connectivity index (χ4v) is 4.47. The van der Waals surface area contributed by atoms with Crippen LogP contribution < -0.4 is 20.3 Å². The number of benzene rings is 3. The fourth-order valence-electron chi connectivity index (χ4n) is 4.47. The molecule has 1 amide bonds. The lowest BCUT2D eigenvalue weighted by Gasteiger charge is -2.34. The van der Waals surface area contributed by atoms with Crippen LogP contribution in [0.2, 0.25) is 0 Å². The molecular formula is C30H31FN6O2. The van der Waals surface area contributed by atoms with Crippen molar-refractivity contribution in [2.24, 2.45) is 0 Å². The van der Waals surface area contributed by atoms with E-state index in [1.54, 1.807) is 24.3 Å². The number of nitrogens with one attached hydrogen (secondary N) is 2. The van der Waals surface area contributed by atoms with Crippen molar-refractivity contribution in [1.29, 1.82) is 0 Å². The Hall–Kier alpha value is -4.50. The van der Waals surface area contributed by atoms with Crippen LogP contribution in [0.3, 0.4) is 0 Å². The van der Waals surface area contributed by atoms with Crippen LogP contribution in [0.4, 0.5) is 27.4 Å².